The Morgan fingerprint density at radius 2 is 1.92 bits per heavy atom. The Kier molecular flexibility index (Phi) is 7.86. The first kappa shape index (κ1) is 20.7. The minimum atomic E-state index is 0. The number of nitrogens with one attached hydrogen (secondary N) is 2. The van der Waals surface area contributed by atoms with E-state index in [-0.39, 0.29) is 29.4 Å². The summed E-state index contributed by atoms with van der Waals surface area (Å²) in [6, 6.07) is 10.9. The molecule has 1 aliphatic rings. The van der Waals surface area contributed by atoms with Crippen LogP contribution in [0.5, 0.6) is 0 Å². The molecule has 0 spiro atoms. The second-order valence-electron chi connectivity index (χ2n) is 6.70. The summed E-state index contributed by atoms with van der Waals surface area (Å²) in [5.41, 5.74) is 1.64. The average Bonchev–Trinajstić information content (AvgIpc) is 3.28. The number of hydrogen-bond acceptors (Lipinski definition) is 3. The lowest BCUT2D eigenvalue weighted by atomic mass is 9.79. The molecule has 6 nitrogen and oxygen atoms in total. The molecule has 1 aromatic carbocycles. The lowest BCUT2D eigenvalue weighted by Crippen LogP contribution is -2.44. The van der Waals surface area contributed by atoms with E-state index in [1.165, 1.54) is 31.2 Å². The summed E-state index contributed by atoms with van der Waals surface area (Å²) in [6.45, 7) is 4.34. The van der Waals surface area contributed by atoms with Crippen LogP contribution in [-0.2, 0) is 19.0 Å². The number of aliphatic imine (C=N–C) groups is 1. The van der Waals surface area contributed by atoms with Crippen LogP contribution >= 0.6 is 24.0 Å². The van der Waals surface area contributed by atoms with Gasteiger partial charge in [-0.15, -0.1) is 24.0 Å². The second-order valence-corrected chi connectivity index (χ2v) is 6.70. The third kappa shape index (κ3) is 4.96. The molecule has 1 fully saturated rings. The van der Waals surface area contributed by atoms with Crippen LogP contribution in [0, 0.1) is 0 Å². The normalized spacial score (nSPS) is 16.2. The topological polar surface area (TPSA) is 67.1 Å². The maximum atomic E-state index is 4.67. The van der Waals surface area contributed by atoms with Crippen molar-refractivity contribution in [1.82, 2.24) is 25.4 Å². The molecule has 0 bridgehead atoms. The standard InChI is InChI=1S/C19H28N6.HI/c1-3-20-18(21-13-17-23-15-24-25(17)2)22-14-19(11-7-8-12-19)16-9-5-4-6-10-16;/h4-6,9-10,15H,3,7-8,11-14H2,1-2H3,(H2,20,21,22);1H. The Balaban J connectivity index is 0.00000243. The zero-order valence-corrected chi connectivity index (χ0v) is 17.9. The summed E-state index contributed by atoms with van der Waals surface area (Å²) in [6.07, 6.45) is 6.61. The molecule has 0 saturated heterocycles. The van der Waals surface area contributed by atoms with Crippen molar-refractivity contribution in [2.24, 2.45) is 12.0 Å². The first-order chi connectivity index (χ1) is 12.2. The summed E-state index contributed by atoms with van der Waals surface area (Å²) in [5.74, 6) is 1.70. The van der Waals surface area contributed by atoms with E-state index in [9.17, 15) is 0 Å². The Morgan fingerprint density at radius 1 is 1.19 bits per heavy atom. The lowest BCUT2D eigenvalue weighted by molar-refractivity contribution is 0.431. The molecule has 26 heavy (non-hydrogen) atoms. The maximum Gasteiger partial charge on any atom is 0.191 e. The van der Waals surface area contributed by atoms with Gasteiger partial charge >= 0.3 is 0 Å². The van der Waals surface area contributed by atoms with Crippen molar-refractivity contribution < 1.29 is 0 Å². The fraction of sp³-hybridized carbons (Fsp3) is 0.526. The maximum absolute atomic E-state index is 4.67. The number of nitrogens with zero attached hydrogens (tertiary/aromatic N) is 4. The van der Waals surface area contributed by atoms with E-state index in [1.54, 1.807) is 11.0 Å². The molecule has 2 aromatic rings. The van der Waals surface area contributed by atoms with Gasteiger partial charge in [0.05, 0.1) is 0 Å². The third-order valence-corrected chi connectivity index (χ3v) is 5.07. The van der Waals surface area contributed by atoms with Gasteiger partial charge in [0.25, 0.3) is 0 Å². The highest BCUT2D eigenvalue weighted by Crippen LogP contribution is 2.40. The van der Waals surface area contributed by atoms with E-state index in [0.29, 0.717) is 6.54 Å². The van der Waals surface area contributed by atoms with Crippen molar-refractivity contribution in [1.29, 1.82) is 0 Å². The van der Waals surface area contributed by atoms with Crippen LogP contribution in [0.15, 0.2) is 41.7 Å². The van der Waals surface area contributed by atoms with Gasteiger partial charge in [0.1, 0.15) is 18.7 Å². The van der Waals surface area contributed by atoms with Gasteiger partial charge in [0, 0.05) is 25.6 Å². The van der Waals surface area contributed by atoms with Gasteiger partial charge in [-0.05, 0) is 25.3 Å². The minimum absolute atomic E-state index is 0. The summed E-state index contributed by atoms with van der Waals surface area (Å²) < 4.78 is 1.76. The molecular formula is C19H29IN6. The molecule has 0 atom stereocenters. The first-order valence-corrected chi connectivity index (χ1v) is 9.14. The first-order valence-electron chi connectivity index (χ1n) is 9.14. The molecule has 0 radical (unpaired) electrons. The predicted molar refractivity (Wildman–Crippen MR) is 116 cm³/mol. The fourth-order valence-corrected chi connectivity index (χ4v) is 3.62. The van der Waals surface area contributed by atoms with Crippen molar-refractivity contribution in [2.75, 3.05) is 13.1 Å². The van der Waals surface area contributed by atoms with Crippen molar-refractivity contribution in [3.05, 3.63) is 48.0 Å². The quantitative estimate of drug-likeness (QED) is 0.389. The van der Waals surface area contributed by atoms with Crippen LogP contribution in [-0.4, -0.2) is 33.8 Å². The van der Waals surface area contributed by atoms with Gasteiger partial charge in [0.15, 0.2) is 5.96 Å². The van der Waals surface area contributed by atoms with Crippen LogP contribution in [0.2, 0.25) is 0 Å². The summed E-state index contributed by atoms with van der Waals surface area (Å²) in [7, 11) is 1.89. The van der Waals surface area contributed by atoms with Gasteiger partial charge in [-0.3, -0.25) is 4.68 Å². The van der Waals surface area contributed by atoms with Gasteiger partial charge < -0.3 is 10.6 Å². The summed E-state index contributed by atoms with van der Waals surface area (Å²) in [4.78, 5) is 8.91. The van der Waals surface area contributed by atoms with Crippen molar-refractivity contribution in [3.8, 4) is 0 Å². The molecule has 0 unspecified atom stereocenters. The Labute approximate surface area is 172 Å². The van der Waals surface area contributed by atoms with Gasteiger partial charge in [-0.25, -0.2) is 9.98 Å². The predicted octanol–water partition coefficient (Wildman–Crippen LogP) is 3.00. The van der Waals surface area contributed by atoms with E-state index < -0.39 is 0 Å². The largest absolute Gasteiger partial charge is 0.357 e. The van der Waals surface area contributed by atoms with Gasteiger partial charge in [-0.2, -0.15) is 5.10 Å². The minimum Gasteiger partial charge on any atom is -0.357 e. The van der Waals surface area contributed by atoms with E-state index in [2.05, 4.69) is 63.0 Å². The highest BCUT2D eigenvalue weighted by Gasteiger charge is 2.35. The fourth-order valence-electron chi connectivity index (χ4n) is 3.62. The molecular weight excluding hydrogens is 439 g/mol. The molecule has 1 heterocycles. The molecule has 2 N–H and O–H groups in total. The number of benzene rings is 1. The molecule has 142 valence electrons. The third-order valence-electron chi connectivity index (χ3n) is 5.07. The molecule has 1 aromatic heterocycles. The van der Waals surface area contributed by atoms with E-state index in [1.807, 2.05) is 7.05 Å². The molecule has 7 heteroatoms. The Hall–Kier alpha value is -1.64. The molecule has 0 amide bonds. The summed E-state index contributed by atoms with van der Waals surface area (Å²) in [5, 5.41) is 11.0. The van der Waals surface area contributed by atoms with Gasteiger partial charge in [0.2, 0.25) is 0 Å². The monoisotopic (exact) mass is 468 g/mol. The number of rotatable bonds is 6. The van der Waals surface area contributed by atoms with Crippen LogP contribution in [0.4, 0.5) is 0 Å². The molecule has 1 saturated carbocycles. The van der Waals surface area contributed by atoms with Crippen molar-refractivity contribution in [2.45, 2.75) is 44.6 Å². The van der Waals surface area contributed by atoms with Crippen LogP contribution in [0.3, 0.4) is 0 Å². The zero-order valence-electron chi connectivity index (χ0n) is 15.6. The lowest BCUT2D eigenvalue weighted by Gasteiger charge is -2.30. The molecule has 1 aliphatic carbocycles. The number of hydrogen-bond donors (Lipinski definition) is 2. The SMILES string of the molecule is CCNC(=NCc1ncnn1C)NCC1(c2ccccc2)CCCC1.I. The van der Waals surface area contributed by atoms with E-state index in [0.717, 1.165) is 24.9 Å². The highest BCUT2D eigenvalue weighted by atomic mass is 127. The zero-order chi connectivity index (χ0) is 17.5. The summed E-state index contributed by atoms with van der Waals surface area (Å²) >= 11 is 0. The van der Waals surface area contributed by atoms with Crippen LogP contribution in [0.1, 0.15) is 44.0 Å². The number of guanidine groups is 1. The Morgan fingerprint density at radius 3 is 2.54 bits per heavy atom. The van der Waals surface area contributed by atoms with E-state index in [4.69, 9.17) is 0 Å². The molecule has 3 rings (SSSR count). The average molecular weight is 468 g/mol. The van der Waals surface area contributed by atoms with Crippen LogP contribution in [0.25, 0.3) is 0 Å². The van der Waals surface area contributed by atoms with Crippen molar-refractivity contribution in [3.63, 3.8) is 0 Å². The van der Waals surface area contributed by atoms with Crippen molar-refractivity contribution >= 4 is 29.9 Å². The van der Waals surface area contributed by atoms with Gasteiger partial charge in [-0.1, -0.05) is 43.2 Å². The number of aryl methyl sites for hydroxylation is 1. The Bertz CT molecular complexity index is 691. The number of aromatic nitrogens is 3. The van der Waals surface area contributed by atoms with Crippen LogP contribution < -0.4 is 10.6 Å². The smallest absolute Gasteiger partial charge is 0.191 e. The molecule has 0 aliphatic heterocycles. The second kappa shape index (κ2) is 9.89. The van der Waals surface area contributed by atoms with E-state index >= 15 is 0 Å². The number of halogens is 1. The highest BCUT2D eigenvalue weighted by molar-refractivity contribution is 14.0.